The number of aryl methyl sites for hydroxylation is 1. The fourth-order valence-electron chi connectivity index (χ4n) is 3.61. The summed E-state index contributed by atoms with van der Waals surface area (Å²) in [5, 5.41) is 0. The van der Waals surface area contributed by atoms with Crippen molar-refractivity contribution >= 4 is 16.1 Å². The molecular formula is C24H30O7S. The molecule has 0 spiro atoms. The Kier molecular flexibility index (Phi) is 7.71. The number of methoxy groups -OCH3 is 1. The molecule has 0 bridgehead atoms. The lowest BCUT2D eigenvalue weighted by Gasteiger charge is -2.34. The van der Waals surface area contributed by atoms with E-state index in [0.717, 1.165) is 17.4 Å². The standard InChI is InChI=1S/C24H30O7S/c1-24(2)15-29-23(30-16-24)19-10-7-9-18(14-19)21(31-32(4,26)27)13-12-17-8-5-6-11-20(17)22(25)28-3/h5-11,14,21,23H,12-13,15-16H2,1-4H3/t21-/m0/s1. The van der Waals surface area contributed by atoms with Crippen LogP contribution in [-0.2, 0) is 34.9 Å². The fourth-order valence-corrected chi connectivity index (χ4v) is 4.24. The summed E-state index contributed by atoms with van der Waals surface area (Å²) in [5.41, 5.74) is 2.66. The first-order valence-electron chi connectivity index (χ1n) is 10.5. The second-order valence-electron chi connectivity index (χ2n) is 8.76. The van der Waals surface area contributed by atoms with Crippen molar-refractivity contribution in [1.29, 1.82) is 0 Å². The van der Waals surface area contributed by atoms with Gasteiger partial charge in [-0.3, -0.25) is 4.18 Å². The molecule has 1 aliphatic rings. The van der Waals surface area contributed by atoms with Gasteiger partial charge in [0.15, 0.2) is 6.29 Å². The summed E-state index contributed by atoms with van der Waals surface area (Å²) in [6.07, 6.45) is 0.573. The van der Waals surface area contributed by atoms with Crippen molar-refractivity contribution in [3.05, 3.63) is 70.8 Å². The summed E-state index contributed by atoms with van der Waals surface area (Å²) in [6, 6.07) is 14.5. The number of carbonyl (C=O) groups is 1. The highest BCUT2D eigenvalue weighted by Crippen LogP contribution is 2.33. The molecule has 2 aromatic carbocycles. The molecule has 32 heavy (non-hydrogen) atoms. The molecule has 7 nitrogen and oxygen atoms in total. The molecule has 1 atom stereocenters. The van der Waals surface area contributed by atoms with Crippen molar-refractivity contribution in [2.24, 2.45) is 5.41 Å². The lowest BCUT2D eigenvalue weighted by molar-refractivity contribution is -0.226. The van der Waals surface area contributed by atoms with Crippen LogP contribution in [0.25, 0.3) is 0 Å². The first kappa shape index (κ1) is 24.4. The van der Waals surface area contributed by atoms with Gasteiger partial charge in [0.05, 0.1) is 32.1 Å². The van der Waals surface area contributed by atoms with Crippen LogP contribution in [0.1, 0.15) is 59.7 Å². The van der Waals surface area contributed by atoms with E-state index >= 15 is 0 Å². The van der Waals surface area contributed by atoms with E-state index in [1.54, 1.807) is 12.1 Å². The zero-order chi connectivity index (χ0) is 23.4. The van der Waals surface area contributed by atoms with E-state index < -0.39 is 28.5 Å². The van der Waals surface area contributed by atoms with Gasteiger partial charge in [0, 0.05) is 11.0 Å². The molecule has 2 aromatic rings. The third-order valence-corrected chi connectivity index (χ3v) is 5.78. The molecule has 0 saturated carbocycles. The second kappa shape index (κ2) is 10.1. The van der Waals surface area contributed by atoms with Crippen molar-refractivity contribution in [3.63, 3.8) is 0 Å². The van der Waals surface area contributed by atoms with Crippen molar-refractivity contribution < 1.29 is 31.6 Å². The molecule has 174 valence electrons. The molecular weight excluding hydrogens is 432 g/mol. The molecule has 1 aliphatic heterocycles. The second-order valence-corrected chi connectivity index (χ2v) is 10.4. The molecule has 3 rings (SSSR count). The third kappa shape index (κ3) is 6.62. The van der Waals surface area contributed by atoms with Gasteiger partial charge in [-0.2, -0.15) is 8.42 Å². The van der Waals surface area contributed by atoms with Gasteiger partial charge in [0.25, 0.3) is 10.1 Å². The van der Waals surface area contributed by atoms with Gasteiger partial charge in [-0.05, 0) is 36.1 Å². The van der Waals surface area contributed by atoms with Gasteiger partial charge in [0.2, 0.25) is 0 Å². The average molecular weight is 463 g/mol. The molecule has 0 aliphatic carbocycles. The highest BCUT2D eigenvalue weighted by atomic mass is 32.2. The van der Waals surface area contributed by atoms with E-state index in [2.05, 4.69) is 13.8 Å². The monoisotopic (exact) mass is 462 g/mol. The Bertz CT molecular complexity index is 1040. The maximum absolute atomic E-state index is 12.1. The molecule has 0 N–H and O–H groups in total. The maximum Gasteiger partial charge on any atom is 0.338 e. The minimum atomic E-state index is -3.71. The quantitative estimate of drug-likeness (QED) is 0.429. The number of hydrogen-bond donors (Lipinski definition) is 0. The molecule has 1 saturated heterocycles. The van der Waals surface area contributed by atoms with Gasteiger partial charge in [-0.15, -0.1) is 0 Å². The summed E-state index contributed by atoms with van der Waals surface area (Å²) >= 11 is 0. The maximum atomic E-state index is 12.1. The van der Waals surface area contributed by atoms with Gasteiger partial charge in [-0.25, -0.2) is 4.79 Å². The van der Waals surface area contributed by atoms with Crippen LogP contribution in [0.15, 0.2) is 48.5 Å². The minimum Gasteiger partial charge on any atom is -0.465 e. The van der Waals surface area contributed by atoms with Crippen LogP contribution < -0.4 is 0 Å². The predicted octanol–water partition coefficient (Wildman–Crippen LogP) is 4.19. The number of ether oxygens (including phenoxy) is 3. The number of hydrogen-bond acceptors (Lipinski definition) is 7. The highest BCUT2D eigenvalue weighted by molar-refractivity contribution is 7.86. The number of carbonyl (C=O) groups excluding carboxylic acids is 1. The fraction of sp³-hybridized carbons (Fsp3) is 0.458. The Morgan fingerprint density at radius 2 is 1.81 bits per heavy atom. The van der Waals surface area contributed by atoms with Crippen LogP contribution in [0.5, 0.6) is 0 Å². The van der Waals surface area contributed by atoms with Gasteiger partial charge in [-0.1, -0.05) is 50.2 Å². The summed E-state index contributed by atoms with van der Waals surface area (Å²) in [4.78, 5) is 12.1. The van der Waals surface area contributed by atoms with E-state index in [-0.39, 0.29) is 5.41 Å². The van der Waals surface area contributed by atoms with E-state index in [1.807, 2.05) is 36.4 Å². The van der Waals surface area contributed by atoms with E-state index in [4.69, 9.17) is 18.4 Å². The van der Waals surface area contributed by atoms with Crippen LogP contribution in [0, 0.1) is 5.41 Å². The third-order valence-electron chi connectivity index (χ3n) is 5.20. The predicted molar refractivity (Wildman–Crippen MR) is 120 cm³/mol. The van der Waals surface area contributed by atoms with Crippen LogP contribution in [0.4, 0.5) is 0 Å². The van der Waals surface area contributed by atoms with E-state index in [0.29, 0.717) is 37.2 Å². The van der Waals surface area contributed by atoms with Crippen LogP contribution in [-0.4, -0.2) is 41.0 Å². The van der Waals surface area contributed by atoms with Crippen LogP contribution >= 0.6 is 0 Å². The van der Waals surface area contributed by atoms with Crippen molar-refractivity contribution in [3.8, 4) is 0 Å². The Balaban J connectivity index is 1.82. The molecule has 1 heterocycles. The summed E-state index contributed by atoms with van der Waals surface area (Å²) in [6.45, 7) is 5.27. The first-order valence-corrected chi connectivity index (χ1v) is 12.3. The molecule has 0 unspecified atom stereocenters. The first-order chi connectivity index (χ1) is 15.1. The Labute approximate surface area is 189 Å². The van der Waals surface area contributed by atoms with E-state index in [1.165, 1.54) is 7.11 Å². The minimum absolute atomic E-state index is 0.0525. The van der Waals surface area contributed by atoms with Crippen LogP contribution in [0.3, 0.4) is 0 Å². The van der Waals surface area contributed by atoms with Gasteiger partial charge >= 0.3 is 5.97 Å². The lowest BCUT2D eigenvalue weighted by atomic mass is 9.95. The largest absolute Gasteiger partial charge is 0.465 e. The molecule has 1 fully saturated rings. The molecule has 8 heteroatoms. The summed E-state index contributed by atoms with van der Waals surface area (Å²) < 4.78 is 45.9. The zero-order valence-corrected chi connectivity index (χ0v) is 19.7. The molecule has 0 amide bonds. The Morgan fingerprint density at radius 1 is 1.12 bits per heavy atom. The molecule has 0 aromatic heterocycles. The van der Waals surface area contributed by atoms with Crippen molar-refractivity contribution in [1.82, 2.24) is 0 Å². The molecule has 0 radical (unpaired) electrons. The highest BCUT2D eigenvalue weighted by Gasteiger charge is 2.30. The van der Waals surface area contributed by atoms with Crippen molar-refractivity contribution in [2.45, 2.75) is 39.1 Å². The smallest absolute Gasteiger partial charge is 0.338 e. The summed E-state index contributed by atoms with van der Waals surface area (Å²) in [5.74, 6) is -0.433. The Hall–Kier alpha value is -2.26. The number of rotatable bonds is 8. The van der Waals surface area contributed by atoms with Gasteiger partial charge < -0.3 is 14.2 Å². The SMILES string of the molecule is COC(=O)c1ccccc1CC[C@H](OS(C)(=O)=O)c1cccc(C2OCC(C)(C)CO2)c1. The van der Waals surface area contributed by atoms with E-state index in [9.17, 15) is 13.2 Å². The summed E-state index contributed by atoms with van der Waals surface area (Å²) in [7, 11) is -2.38. The van der Waals surface area contributed by atoms with Gasteiger partial charge in [0.1, 0.15) is 6.10 Å². The number of esters is 1. The van der Waals surface area contributed by atoms with Crippen molar-refractivity contribution in [2.75, 3.05) is 26.6 Å². The average Bonchev–Trinajstić information content (AvgIpc) is 2.75. The van der Waals surface area contributed by atoms with Crippen LogP contribution in [0.2, 0.25) is 0 Å². The Morgan fingerprint density at radius 3 is 2.47 bits per heavy atom. The topological polar surface area (TPSA) is 88.1 Å². The zero-order valence-electron chi connectivity index (χ0n) is 18.9. The lowest BCUT2D eigenvalue weighted by Crippen LogP contribution is -2.33. The normalized spacial score (nSPS) is 17.6. The number of benzene rings is 2.